The van der Waals surface area contributed by atoms with Gasteiger partial charge in [0.1, 0.15) is 5.60 Å². The number of rotatable bonds is 11. The van der Waals surface area contributed by atoms with Crippen LogP contribution in [0, 0.1) is 6.07 Å². The number of pyridine rings is 3. The standard InChI is InChI=1S/C20H18ClNOS.C20H18ClNS.C14H13NOS.C9H9BrOS.C9H12O2S.C9H10OS.C6H4Cl.C4H8O.CHF3O3S.CH4.Br2.BrH.Mg.H2O5P2/c21-16-6-4-15(5-7-16)20(23)10-2-1-3-18-17(20)13-19(24-18)14-8-11-22-12-9-14;21-16-7-5-14(6-8-16)17-3-1-2-4-19-18(17)13-20(23-19)15-9-11-22-12-10-15;16-12-3-1-2-4-13-11(12)9-14(17-13)10-5-7-15-8-6-10;10-9-5-6-7(11)3-1-2-4-8(6)12-9;10-9(11)6-2-1-4-8-5-3-7-12-8;10-8-3-1-2-4-9-7(8)5-6-11-9;7-6-4-2-1-3-5-6;1-2-4-5-3-1;2-1(3,4)8(5,6)7;;1-2;;;1-6(2)7(3,4)5/h4-9,11-13,23H,1-3,10H2;5-13,17H,1-4H2;5-9H,1-4H2;5H,1-4H2;3,5,7H,1-2,4,6H2,(H,10,11);5-6H,1-4H2;2-5H;1-4H2;(H,5,6,7);1H4;;1H;;(H2,3,4,5)/q;;;;;;-1;;;;;;+2;/p-1. The number of hydrogen-bond donors (Lipinski definition) is 5. The average molecular weight is 2290 g/mol. The van der Waals surface area contributed by atoms with Crippen molar-refractivity contribution >= 4 is 218 Å². The third-order valence-corrected chi connectivity index (χ3v) is 30.8. The van der Waals surface area contributed by atoms with Crippen molar-refractivity contribution in [3.8, 4) is 31.3 Å². The molecule has 0 bridgehead atoms. The van der Waals surface area contributed by atoms with Crippen molar-refractivity contribution in [3.63, 3.8) is 0 Å². The first-order valence-electron chi connectivity index (χ1n) is 40.9. The van der Waals surface area contributed by atoms with Gasteiger partial charge in [0.25, 0.3) is 0 Å². The third-order valence-electron chi connectivity index (χ3n) is 20.4. The van der Waals surface area contributed by atoms with Crippen LogP contribution < -0.4 is 21.9 Å². The van der Waals surface area contributed by atoms with E-state index in [1.807, 2.05) is 126 Å². The molecule has 131 heavy (non-hydrogen) atoms. The SMILES string of the molecule is BrBr.C.C1CCOC1.Clc1cc[c-]cc1.Clc1ccc(C2CCCCc3sc(-c4ccncc4)cc32)cc1.O=C(O)CCCCc1cccs1.O=C1CCCCc2sc(-c3ccncc3)cc21.O=C1CCCCc2sc(Br)cc21.O=C1CCCCc2sccc21.O=S(=O)(O)C(F)(F)F.O=[P+]([O-])P(=O)(O)O.OC1(c2ccc(Cl)cc2)CCCCc2sc(-c3ccncc3)cc21.[Br-].[Mg+2]. The molecule has 3 unspecified atom stereocenters. The Labute approximate surface area is 854 Å². The molecule has 1 aliphatic heterocycles. The Kier molecular flexibility index (Phi) is 54.1. The minimum Gasteiger partial charge on any atom is -1.00 e. The van der Waals surface area contributed by atoms with Gasteiger partial charge in [0.05, 0.1) is 3.79 Å². The van der Waals surface area contributed by atoms with Gasteiger partial charge in [-0.25, -0.2) is 4.57 Å². The predicted octanol–water partition coefficient (Wildman–Crippen LogP) is 25.6. The number of carbonyl (C=O) groups is 4. The summed E-state index contributed by atoms with van der Waals surface area (Å²) in [6.45, 7) is 2.00. The Hall–Kier alpha value is -4.82. The van der Waals surface area contributed by atoms with Crippen LogP contribution in [0.15, 0.2) is 203 Å². The molecule has 12 aromatic rings. The van der Waals surface area contributed by atoms with Gasteiger partial charge in [-0.1, -0.05) is 77.0 Å². The van der Waals surface area contributed by atoms with Gasteiger partial charge in [-0.3, -0.25) is 48.5 Å². The van der Waals surface area contributed by atoms with Crippen LogP contribution in [-0.2, 0) is 72.9 Å². The predicted molar refractivity (Wildman–Crippen MR) is 535 cm³/mol. The number of aromatic nitrogens is 3. The fourth-order valence-corrected chi connectivity index (χ4v) is 21.6. The van der Waals surface area contributed by atoms with Crippen molar-refractivity contribution in [1.82, 2.24) is 15.0 Å². The molecule has 1 saturated heterocycles. The van der Waals surface area contributed by atoms with E-state index in [1.54, 1.807) is 98.2 Å². The van der Waals surface area contributed by atoms with Crippen molar-refractivity contribution in [3.05, 3.63) is 293 Å². The number of carbonyl (C=O) groups excluding carboxylic acids is 3. The number of thiophene rings is 6. The second kappa shape index (κ2) is 60.8. The molecule has 0 radical (unpaired) electrons. The summed E-state index contributed by atoms with van der Waals surface area (Å²) in [5, 5.41) is 26.3. The van der Waals surface area contributed by atoms with Crippen LogP contribution in [0.25, 0.3) is 31.3 Å². The molecule has 700 valence electrons. The van der Waals surface area contributed by atoms with Crippen LogP contribution >= 0.6 is 162 Å². The molecule has 5 N–H and O–H groups in total. The van der Waals surface area contributed by atoms with E-state index >= 15 is 0 Å². The van der Waals surface area contributed by atoms with Crippen LogP contribution in [0.3, 0.4) is 0 Å². The number of alkyl halides is 3. The minimum absolute atomic E-state index is 0. The van der Waals surface area contributed by atoms with Crippen LogP contribution in [0.4, 0.5) is 13.2 Å². The molecule has 9 aromatic heterocycles. The van der Waals surface area contributed by atoms with Crippen molar-refractivity contribution in [1.29, 1.82) is 0 Å². The molecule has 0 amide bonds. The number of carboxylic acids is 1. The number of Topliss-reactive ketones (excluding diaryl/α,β-unsaturated/α-hetero) is 3. The minimum atomic E-state index is -5.84. The fourth-order valence-electron chi connectivity index (χ4n) is 14.0. The summed E-state index contributed by atoms with van der Waals surface area (Å²) in [4.78, 5) is 93.5. The number of benzene rings is 3. The Morgan fingerprint density at radius 2 is 1.02 bits per heavy atom. The number of nitrogens with zero attached hydrogens (tertiary/aromatic N) is 3. The van der Waals surface area contributed by atoms with E-state index in [-0.39, 0.29) is 47.5 Å². The van der Waals surface area contributed by atoms with Gasteiger partial charge in [-0.2, -0.15) is 51.9 Å². The first kappa shape index (κ1) is 117. The maximum absolute atomic E-state index is 11.9. The number of ether oxygens (including phenoxy) is 1. The zero-order valence-corrected chi connectivity index (χ0v) is 87.9. The zero-order valence-electron chi connectivity index (χ0n) is 70.3. The first-order valence-corrected chi connectivity index (χ1v) is 56.5. The van der Waals surface area contributed by atoms with Gasteiger partial charge in [0.2, 0.25) is 0 Å². The molecule has 5 aliphatic carbocycles. The summed E-state index contributed by atoms with van der Waals surface area (Å²) >= 11 is 37.2. The summed E-state index contributed by atoms with van der Waals surface area (Å²) < 4.78 is 82.3. The summed E-state index contributed by atoms with van der Waals surface area (Å²) in [6, 6.07) is 52.9. The van der Waals surface area contributed by atoms with Crippen molar-refractivity contribution in [2.45, 2.75) is 191 Å². The normalized spacial score (nSPS) is 15.8. The van der Waals surface area contributed by atoms with Gasteiger partial charge >= 0.3 is 59.6 Å². The Bertz CT molecular complexity index is 5590. The second-order valence-electron chi connectivity index (χ2n) is 29.4. The molecular weight excluding hydrogens is 2190 g/mol. The molecular formula is C93H99Br4Cl3F3MgN3O15P2S7. The van der Waals surface area contributed by atoms with Crippen molar-refractivity contribution in [2.24, 2.45) is 0 Å². The Morgan fingerprint density at radius 3 is 1.50 bits per heavy atom. The van der Waals surface area contributed by atoms with E-state index in [0.29, 0.717) is 41.1 Å². The number of unbranched alkanes of at least 4 members (excludes halogenated alkanes) is 1. The summed E-state index contributed by atoms with van der Waals surface area (Å²) in [6.07, 6.45) is 37.6. The molecule has 0 spiro atoms. The summed E-state index contributed by atoms with van der Waals surface area (Å²) in [5.41, 5.74) is 4.91. The molecule has 18 rings (SSSR count). The fraction of sp³-hybridized carbons (Fsp3) is 0.344. The molecule has 3 aromatic carbocycles. The maximum Gasteiger partial charge on any atom is 2.00 e. The van der Waals surface area contributed by atoms with E-state index in [9.17, 15) is 51.5 Å². The van der Waals surface area contributed by atoms with Gasteiger partial charge < -0.3 is 36.8 Å². The monoisotopic (exact) mass is 2290 g/mol. The number of fused-ring (bicyclic) bond motifs is 5. The van der Waals surface area contributed by atoms with Crippen LogP contribution in [0.1, 0.15) is 224 Å². The third kappa shape index (κ3) is 39.5. The van der Waals surface area contributed by atoms with E-state index in [4.69, 9.17) is 67.4 Å². The first-order chi connectivity index (χ1) is 61.3. The number of aliphatic carboxylic acids is 1. The van der Waals surface area contributed by atoms with E-state index < -0.39 is 42.2 Å². The maximum atomic E-state index is 11.9. The van der Waals surface area contributed by atoms with Crippen molar-refractivity contribution < 1.29 is 101 Å². The number of hydrogen-bond acceptors (Lipinski definition) is 20. The van der Waals surface area contributed by atoms with Gasteiger partial charge in [0.15, 0.2) is 17.3 Å². The summed E-state index contributed by atoms with van der Waals surface area (Å²) in [7, 11) is -14.2. The van der Waals surface area contributed by atoms with Crippen LogP contribution in [0.2, 0.25) is 15.1 Å². The number of aryl methyl sites for hydroxylation is 6. The van der Waals surface area contributed by atoms with E-state index in [1.165, 1.54) is 101 Å². The second-order valence-corrected chi connectivity index (χ2v) is 44.2. The smallest absolute Gasteiger partial charge is 1.00 e. The summed E-state index contributed by atoms with van der Waals surface area (Å²) in [5.74, 6) is 0.787. The number of aliphatic hydroxyl groups is 1. The van der Waals surface area contributed by atoms with Crippen LogP contribution in [0.5, 0.6) is 0 Å². The van der Waals surface area contributed by atoms with Gasteiger partial charge in [-0.05, 0) is 292 Å². The molecule has 38 heteroatoms. The number of halogens is 10. The Balaban J connectivity index is 0.000000265. The molecule has 10 heterocycles. The quantitative estimate of drug-likeness (QED) is 0.0153. The average Bonchev–Trinajstić information content (AvgIpc) is 1.62. The molecule has 1 fully saturated rings. The Morgan fingerprint density at radius 1 is 0.580 bits per heavy atom. The van der Waals surface area contributed by atoms with Crippen molar-refractivity contribution in [2.75, 3.05) is 13.2 Å². The molecule has 0 saturated carbocycles. The molecule has 18 nitrogen and oxygen atoms in total. The van der Waals surface area contributed by atoms with Gasteiger partial charge in [0, 0.05) is 186 Å². The number of ketones is 3. The van der Waals surface area contributed by atoms with Crippen LogP contribution in [-0.4, -0.2) is 113 Å². The number of carboxylic acid groups (broad SMARTS) is 1. The molecule has 3 atom stereocenters. The van der Waals surface area contributed by atoms with Gasteiger partial charge in [-0.15, -0.1) is 79.6 Å². The molecule has 6 aliphatic rings. The topological polar surface area (TPSA) is 309 Å². The van der Waals surface area contributed by atoms with E-state index in [2.05, 4.69) is 114 Å². The van der Waals surface area contributed by atoms with E-state index in [0.717, 1.165) is 175 Å². The zero-order chi connectivity index (χ0) is 92.7. The largest absolute Gasteiger partial charge is 2.00 e.